The number of benzene rings is 1. The molecule has 0 aliphatic carbocycles. The number of halogens is 1. The van der Waals surface area contributed by atoms with Gasteiger partial charge in [-0.05, 0) is 42.2 Å². The molecular weight excluding hydrogens is 268 g/mol. The molecule has 16 heavy (non-hydrogen) atoms. The van der Waals surface area contributed by atoms with Gasteiger partial charge in [-0.1, -0.05) is 12.1 Å². The molecule has 1 unspecified atom stereocenters. The molecule has 0 aliphatic rings. The molecule has 4 heteroatoms. The summed E-state index contributed by atoms with van der Waals surface area (Å²) in [5.41, 5.74) is 0. The summed E-state index contributed by atoms with van der Waals surface area (Å²) in [6, 6.07) is 10.00. The highest BCUT2D eigenvalue weighted by molar-refractivity contribution is 9.10. The van der Waals surface area contributed by atoms with Crippen molar-refractivity contribution in [2.75, 3.05) is 20.7 Å². The summed E-state index contributed by atoms with van der Waals surface area (Å²) < 4.78 is 6.61. The van der Waals surface area contributed by atoms with Crippen LogP contribution in [0, 0.1) is 11.3 Å². The van der Waals surface area contributed by atoms with Crippen molar-refractivity contribution in [3.8, 4) is 11.8 Å². The van der Waals surface area contributed by atoms with Crippen molar-refractivity contribution in [1.29, 1.82) is 5.26 Å². The second-order valence-corrected chi connectivity index (χ2v) is 4.58. The minimum absolute atomic E-state index is 0.122. The van der Waals surface area contributed by atoms with Crippen LogP contribution in [0.15, 0.2) is 28.7 Å². The Morgan fingerprint density at radius 1 is 1.44 bits per heavy atom. The maximum atomic E-state index is 8.70. The van der Waals surface area contributed by atoms with Crippen LogP contribution in [0.3, 0.4) is 0 Å². The number of rotatable bonds is 5. The van der Waals surface area contributed by atoms with Crippen LogP contribution in [0.4, 0.5) is 0 Å². The monoisotopic (exact) mass is 282 g/mol. The third-order valence-corrected chi connectivity index (χ3v) is 2.98. The summed E-state index contributed by atoms with van der Waals surface area (Å²) in [5, 5.41) is 8.70. The molecule has 0 bridgehead atoms. The van der Waals surface area contributed by atoms with E-state index in [1.807, 2.05) is 43.3 Å². The van der Waals surface area contributed by atoms with E-state index in [4.69, 9.17) is 10.00 Å². The van der Waals surface area contributed by atoms with Gasteiger partial charge < -0.3 is 9.64 Å². The lowest BCUT2D eigenvalue weighted by Gasteiger charge is -2.22. The zero-order chi connectivity index (χ0) is 12.0. The standard InChI is InChI=1S/C12H15BrN2O/c1-15(2)10(7-8-14)9-16-12-6-4-3-5-11(12)13/h3-6,10H,7,9H2,1-2H3. The first-order valence-corrected chi connectivity index (χ1v) is 5.85. The van der Waals surface area contributed by atoms with Gasteiger partial charge in [0.05, 0.1) is 23.0 Å². The summed E-state index contributed by atoms with van der Waals surface area (Å²) in [6.07, 6.45) is 0.470. The van der Waals surface area contributed by atoms with Gasteiger partial charge in [0.2, 0.25) is 0 Å². The summed E-state index contributed by atoms with van der Waals surface area (Å²) >= 11 is 3.42. The molecule has 1 atom stereocenters. The predicted octanol–water partition coefficient (Wildman–Crippen LogP) is 2.67. The fourth-order valence-corrected chi connectivity index (χ4v) is 1.64. The molecule has 0 aliphatic heterocycles. The van der Waals surface area contributed by atoms with Crippen LogP contribution in [-0.2, 0) is 0 Å². The lowest BCUT2D eigenvalue weighted by molar-refractivity contribution is 0.187. The second kappa shape index (κ2) is 6.51. The van der Waals surface area contributed by atoms with E-state index in [1.54, 1.807) is 0 Å². The molecule has 0 saturated carbocycles. The van der Waals surface area contributed by atoms with Crippen molar-refractivity contribution in [1.82, 2.24) is 4.90 Å². The number of nitriles is 1. The number of hydrogen-bond acceptors (Lipinski definition) is 3. The fourth-order valence-electron chi connectivity index (χ4n) is 1.24. The van der Waals surface area contributed by atoms with Crippen LogP contribution in [0.1, 0.15) is 6.42 Å². The van der Waals surface area contributed by atoms with E-state index in [1.165, 1.54) is 0 Å². The Balaban J connectivity index is 2.56. The second-order valence-electron chi connectivity index (χ2n) is 3.72. The topological polar surface area (TPSA) is 36.3 Å². The highest BCUT2D eigenvalue weighted by atomic mass is 79.9. The van der Waals surface area contributed by atoms with Crippen molar-refractivity contribution >= 4 is 15.9 Å². The third kappa shape index (κ3) is 3.84. The predicted molar refractivity (Wildman–Crippen MR) is 67.3 cm³/mol. The van der Waals surface area contributed by atoms with Gasteiger partial charge in [-0.25, -0.2) is 0 Å². The zero-order valence-corrected chi connectivity index (χ0v) is 11.1. The first kappa shape index (κ1) is 13.0. The normalized spacial score (nSPS) is 12.2. The Hall–Kier alpha value is -1.05. The Kier molecular flexibility index (Phi) is 5.30. The van der Waals surface area contributed by atoms with Crippen molar-refractivity contribution in [3.05, 3.63) is 28.7 Å². The molecule has 0 fully saturated rings. The minimum Gasteiger partial charge on any atom is -0.491 e. The smallest absolute Gasteiger partial charge is 0.133 e. The van der Waals surface area contributed by atoms with E-state index >= 15 is 0 Å². The van der Waals surface area contributed by atoms with Crippen LogP contribution in [0.5, 0.6) is 5.75 Å². The first-order valence-electron chi connectivity index (χ1n) is 5.06. The molecule has 0 amide bonds. The molecule has 0 heterocycles. The fraction of sp³-hybridized carbons (Fsp3) is 0.417. The Morgan fingerprint density at radius 3 is 2.69 bits per heavy atom. The summed E-state index contributed by atoms with van der Waals surface area (Å²) in [6.45, 7) is 0.517. The van der Waals surface area contributed by atoms with E-state index in [0.717, 1.165) is 10.2 Å². The Morgan fingerprint density at radius 2 is 2.12 bits per heavy atom. The Labute approximate surface area is 105 Å². The maximum absolute atomic E-state index is 8.70. The van der Waals surface area contributed by atoms with Gasteiger partial charge >= 0.3 is 0 Å². The molecule has 3 nitrogen and oxygen atoms in total. The minimum atomic E-state index is 0.122. The highest BCUT2D eigenvalue weighted by Crippen LogP contribution is 2.24. The molecule has 0 radical (unpaired) electrons. The lowest BCUT2D eigenvalue weighted by Crippen LogP contribution is -2.33. The van der Waals surface area contributed by atoms with Crippen LogP contribution in [-0.4, -0.2) is 31.6 Å². The van der Waals surface area contributed by atoms with Crippen molar-refractivity contribution in [3.63, 3.8) is 0 Å². The maximum Gasteiger partial charge on any atom is 0.133 e. The van der Waals surface area contributed by atoms with Gasteiger partial charge in [-0.3, -0.25) is 0 Å². The summed E-state index contributed by atoms with van der Waals surface area (Å²) in [5.74, 6) is 0.812. The molecule has 86 valence electrons. The molecular formula is C12H15BrN2O. The quantitative estimate of drug-likeness (QED) is 0.833. The summed E-state index contributed by atoms with van der Waals surface area (Å²) in [7, 11) is 3.90. The lowest BCUT2D eigenvalue weighted by atomic mass is 10.2. The van der Waals surface area contributed by atoms with E-state index in [0.29, 0.717) is 13.0 Å². The number of likely N-dealkylation sites (N-methyl/N-ethyl adjacent to an activating group) is 1. The van der Waals surface area contributed by atoms with Crippen molar-refractivity contribution < 1.29 is 4.74 Å². The van der Waals surface area contributed by atoms with Crippen LogP contribution in [0.2, 0.25) is 0 Å². The van der Waals surface area contributed by atoms with Gasteiger partial charge in [0.15, 0.2) is 0 Å². The summed E-state index contributed by atoms with van der Waals surface area (Å²) in [4.78, 5) is 2.00. The zero-order valence-electron chi connectivity index (χ0n) is 9.48. The van der Waals surface area contributed by atoms with Gasteiger partial charge in [0.1, 0.15) is 12.4 Å². The number of ether oxygens (including phenoxy) is 1. The molecule has 1 aromatic rings. The van der Waals surface area contributed by atoms with E-state index in [2.05, 4.69) is 22.0 Å². The van der Waals surface area contributed by atoms with Crippen molar-refractivity contribution in [2.24, 2.45) is 0 Å². The number of para-hydroxylation sites is 1. The molecule has 0 N–H and O–H groups in total. The molecule has 1 rings (SSSR count). The van der Waals surface area contributed by atoms with E-state index in [-0.39, 0.29) is 6.04 Å². The molecule has 0 spiro atoms. The van der Waals surface area contributed by atoms with Gasteiger partial charge in [0.25, 0.3) is 0 Å². The van der Waals surface area contributed by atoms with E-state index < -0.39 is 0 Å². The van der Waals surface area contributed by atoms with Gasteiger partial charge in [-0.15, -0.1) is 0 Å². The van der Waals surface area contributed by atoms with Crippen LogP contribution in [0.25, 0.3) is 0 Å². The number of hydrogen-bond donors (Lipinski definition) is 0. The molecule has 1 aromatic carbocycles. The number of nitrogens with zero attached hydrogens (tertiary/aromatic N) is 2. The van der Waals surface area contributed by atoms with Crippen LogP contribution < -0.4 is 4.74 Å². The molecule has 0 saturated heterocycles. The average Bonchev–Trinajstić information content (AvgIpc) is 2.26. The highest BCUT2D eigenvalue weighted by Gasteiger charge is 2.12. The average molecular weight is 283 g/mol. The largest absolute Gasteiger partial charge is 0.491 e. The SMILES string of the molecule is CN(C)C(CC#N)COc1ccccc1Br. The van der Waals surface area contributed by atoms with Crippen LogP contribution >= 0.6 is 15.9 Å². The molecule has 0 aromatic heterocycles. The van der Waals surface area contributed by atoms with Crippen molar-refractivity contribution in [2.45, 2.75) is 12.5 Å². The Bertz CT molecular complexity index is 374. The third-order valence-electron chi connectivity index (χ3n) is 2.33. The van der Waals surface area contributed by atoms with E-state index in [9.17, 15) is 0 Å². The van der Waals surface area contributed by atoms with Gasteiger partial charge in [-0.2, -0.15) is 5.26 Å². The van der Waals surface area contributed by atoms with Gasteiger partial charge in [0, 0.05) is 0 Å². The first-order chi connectivity index (χ1) is 7.65.